The van der Waals surface area contributed by atoms with Gasteiger partial charge in [0, 0.05) is 25.1 Å². The number of nitrogens with two attached hydrogens (primary N) is 1. The Morgan fingerprint density at radius 1 is 1.14 bits per heavy atom. The van der Waals surface area contributed by atoms with E-state index in [1.54, 1.807) is 19.2 Å². The summed E-state index contributed by atoms with van der Waals surface area (Å²) in [6, 6.07) is 12.3. The van der Waals surface area contributed by atoms with Gasteiger partial charge >= 0.3 is 0 Å². The van der Waals surface area contributed by atoms with Crippen LogP contribution in [0.4, 0.5) is 17.1 Å². The number of nitrogen functional groups attached to an aromatic ring is 1. The Balaban J connectivity index is 2.41. The molecule has 6 heteroatoms. The van der Waals surface area contributed by atoms with Gasteiger partial charge in [-0.15, -0.1) is 0 Å². The van der Waals surface area contributed by atoms with Crippen LogP contribution in [0.3, 0.4) is 0 Å². The third-order valence-electron chi connectivity index (χ3n) is 3.23. The Morgan fingerprint density at radius 3 is 2.43 bits per heavy atom. The van der Waals surface area contributed by atoms with Crippen molar-refractivity contribution in [2.45, 2.75) is 4.90 Å². The summed E-state index contributed by atoms with van der Waals surface area (Å²) in [5, 5.41) is 0. The van der Waals surface area contributed by atoms with E-state index in [9.17, 15) is 8.42 Å². The van der Waals surface area contributed by atoms with Crippen molar-refractivity contribution in [2.75, 3.05) is 31.0 Å². The minimum absolute atomic E-state index is 0.211. The molecule has 0 amide bonds. The molecule has 0 radical (unpaired) electrons. The third kappa shape index (κ3) is 3.28. The van der Waals surface area contributed by atoms with Crippen LogP contribution < -0.4 is 15.4 Å². The number of hydrogen-bond donors (Lipinski definition) is 1. The molecule has 0 atom stereocenters. The summed E-state index contributed by atoms with van der Waals surface area (Å²) < 4.78 is 28.3. The van der Waals surface area contributed by atoms with E-state index < -0.39 is 9.84 Å². The molecule has 21 heavy (non-hydrogen) atoms. The molecule has 0 aliphatic carbocycles. The van der Waals surface area contributed by atoms with Crippen molar-refractivity contribution in [3.63, 3.8) is 0 Å². The van der Waals surface area contributed by atoms with Gasteiger partial charge in [-0.2, -0.15) is 0 Å². The molecule has 0 spiro atoms. The van der Waals surface area contributed by atoms with Crippen LogP contribution in [0.25, 0.3) is 0 Å². The second kappa shape index (κ2) is 5.65. The normalized spacial score (nSPS) is 11.2. The maximum absolute atomic E-state index is 11.5. The Morgan fingerprint density at radius 2 is 1.86 bits per heavy atom. The van der Waals surface area contributed by atoms with Crippen LogP contribution in [0.2, 0.25) is 0 Å². The molecule has 2 N–H and O–H groups in total. The zero-order chi connectivity index (χ0) is 15.6. The van der Waals surface area contributed by atoms with Crippen LogP contribution in [0.5, 0.6) is 5.75 Å². The lowest BCUT2D eigenvalue weighted by molar-refractivity contribution is 0.415. The SMILES string of the molecule is COc1cccc(N(C)c2ccc(S(C)(=O)=O)cc2N)c1. The average molecular weight is 306 g/mol. The molecular formula is C15H18N2O3S. The zero-order valence-electron chi connectivity index (χ0n) is 12.2. The minimum Gasteiger partial charge on any atom is -0.497 e. The Bertz CT molecular complexity index is 757. The van der Waals surface area contributed by atoms with Crippen molar-refractivity contribution in [1.82, 2.24) is 0 Å². The van der Waals surface area contributed by atoms with Gasteiger partial charge in [-0.3, -0.25) is 0 Å². The van der Waals surface area contributed by atoms with Crippen LogP contribution in [-0.2, 0) is 9.84 Å². The summed E-state index contributed by atoms with van der Waals surface area (Å²) in [4.78, 5) is 2.09. The van der Waals surface area contributed by atoms with Gasteiger partial charge in [-0.25, -0.2) is 8.42 Å². The van der Waals surface area contributed by atoms with E-state index in [0.717, 1.165) is 23.4 Å². The second-order valence-corrected chi connectivity index (χ2v) is 6.77. The summed E-state index contributed by atoms with van der Waals surface area (Å²) in [5.74, 6) is 0.741. The van der Waals surface area contributed by atoms with Gasteiger partial charge in [0.25, 0.3) is 0 Å². The lowest BCUT2D eigenvalue weighted by atomic mass is 10.2. The van der Waals surface area contributed by atoms with Gasteiger partial charge in [-0.05, 0) is 30.3 Å². The smallest absolute Gasteiger partial charge is 0.175 e. The van der Waals surface area contributed by atoms with Crippen molar-refractivity contribution < 1.29 is 13.2 Å². The molecule has 0 saturated carbocycles. The van der Waals surface area contributed by atoms with Crippen LogP contribution >= 0.6 is 0 Å². The topological polar surface area (TPSA) is 72.6 Å². The first-order chi connectivity index (χ1) is 9.82. The van der Waals surface area contributed by atoms with E-state index in [4.69, 9.17) is 10.5 Å². The molecule has 0 fully saturated rings. The molecule has 112 valence electrons. The number of anilines is 3. The molecule has 0 unspecified atom stereocenters. The number of hydrogen-bond acceptors (Lipinski definition) is 5. The summed E-state index contributed by atoms with van der Waals surface area (Å²) in [7, 11) is 0.206. The Labute approximate surface area is 124 Å². The van der Waals surface area contributed by atoms with Gasteiger partial charge in [0.1, 0.15) is 5.75 Å². The fourth-order valence-electron chi connectivity index (χ4n) is 2.03. The molecule has 5 nitrogen and oxygen atoms in total. The highest BCUT2D eigenvalue weighted by Crippen LogP contribution is 2.32. The largest absolute Gasteiger partial charge is 0.497 e. The van der Waals surface area contributed by atoms with E-state index in [1.165, 1.54) is 6.07 Å². The predicted molar refractivity (Wildman–Crippen MR) is 85.0 cm³/mol. The monoisotopic (exact) mass is 306 g/mol. The van der Waals surface area contributed by atoms with Gasteiger partial charge in [-0.1, -0.05) is 6.07 Å². The number of methoxy groups -OCH3 is 1. The van der Waals surface area contributed by atoms with Crippen molar-refractivity contribution in [2.24, 2.45) is 0 Å². The highest BCUT2D eigenvalue weighted by atomic mass is 32.2. The van der Waals surface area contributed by atoms with Crippen LogP contribution in [0, 0.1) is 0 Å². The van der Waals surface area contributed by atoms with Crippen molar-refractivity contribution in [3.8, 4) is 5.75 Å². The number of nitrogens with zero attached hydrogens (tertiary/aromatic N) is 1. The van der Waals surface area contributed by atoms with Gasteiger partial charge in [0.2, 0.25) is 0 Å². The number of rotatable bonds is 4. The number of benzene rings is 2. The molecule has 0 aliphatic rings. The number of sulfone groups is 1. The van der Waals surface area contributed by atoms with Crippen LogP contribution in [-0.4, -0.2) is 28.8 Å². The molecule has 0 heterocycles. The first-order valence-corrected chi connectivity index (χ1v) is 8.19. The first-order valence-electron chi connectivity index (χ1n) is 6.30. The highest BCUT2D eigenvalue weighted by Gasteiger charge is 2.13. The van der Waals surface area contributed by atoms with Crippen molar-refractivity contribution in [1.29, 1.82) is 0 Å². The fraction of sp³-hybridized carbons (Fsp3) is 0.200. The molecule has 2 aromatic carbocycles. The molecule has 0 saturated heterocycles. The standard InChI is InChI=1S/C15H18N2O3S/c1-17(11-5-4-6-12(9-11)20-2)15-8-7-13(10-14(15)16)21(3,18)19/h4-10H,16H2,1-3H3. The van der Waals surface area contributed by atoms with Gasteiger partial charge < -0.3 is 15.4 Å². The molecule has 2 aromatic rings. The maximum Gasteiger partial charge on any atom is 0.175 e. The third-order valence-corrected chi connectivity index (χ3v) is 4.34. The van der Waals surface area contributed by atoms with Gasteiger partial charge in [0.05, 0.1) is 23.4 Å². The summed E-state index contributed by atoms with van der Waals surface area (Å²) in [6.07, 6.45) is 1.16. The molecular weight excluding hydrogens is 288 g/mol. The highest BCUT2D eigenvalue weighted by molar-refractivity contribution is 7.90. The van der Waals surface area contributed by atoms with Crippen molar-refractivity contribution in [3.05, 3.63) is 42.5 Å². The summed E-state index contributed by atoms with van der Waals surface area (Å²) in [5.41, 5.74) is 8.02. The number of ether oxygens (including phenoxy) is 1. The zero-order valence-corrected chi connectivity index (χ0v) is 13.0. The van der Waals surface area contributed by atoms with E-state index in [1.807, 2.05) is 36.2 Å². The maximum atomic E-state index is 11.5. The second-order valence-electron chi connectivity index (χ2n) is 4.75. The summed E-state index contributed by atoms with van der Waals surface area (Å²) >= 11 is 0. The van der Waals surface area contributed by atoms with Crippen molar-refractivity contribution >= 4 is 26.9 Å². The Hall–Kier alpha value is -2.21. The Kier molecular flexibility index (Phi) is 4.09. The quantitative estimate of drug-likeness (QED) is 0.878. The lowest BCUT2D eigenvalue weighted by Gasteiger charge is -2.22. The van der Waals surface area contributed by atoms with E-state index in [2.05, 4.69) is 0 Å². The molecule has 0 aliphatic heterocycles. The van der Waals surface area contributed by atoms with Gasteiger partial charge in [0.15, 0.2) is 9.84 Å². The molecule has 0 bridgehead atoms. The lowest BCUT2D eigenvalue weighted by Crippen LogP contribution is -2.12. The molecule has 2 rings (SSSR count). The first kappa shape index (κ1) is 15.2. The fourth-order valence-corrected chi connectivity index (χ4v) is 2.68. The molecule has 0 aromatic heterocycles. The minimum atomic E-state index is -3.26. The van der Waals surface area contributed by atoms with Crippen LogP contribution in [0.1, 0.15) is 0 Å². The van der Waals surface area contributed by atoms with E-state index >= 15 is 0 Å². The average Bonchev–Trinajstić information content (AvgIpc) is 2.45. The summed E-state index contributed by atoms with van der Waals surface area (Å²) in [6.45, 7) is 0. The van der Waals surface area contributed by atoms with E-state index in [0.29, 0.717) is 5.69 Å². The van der Waals surface area contributed by atoms with E-state index in [-0.39, 0.29) is 4.90 Å². The van der Waals surface area contributed by atoms with Crippen LogP contribution in [0.15, 0.2) is 47.4 Å². The predicted octanol–water partition coefficient (Wildman–Crippen LogP) is 2.45.